The van der Waals surface area contributed by atoms with Gasteiger partial charge in [-0.3, -0.25) is 0 Å². The van der Waals surface area contributed by atoms with Crippen molar-refractivity contribution in [2.75, 3.05) is 0 Å². The molecule has 2 aromatic rings. The summed E-state index contributed by atoms with van der Waals surface area (Å²) in [5.74, 6) is -0.970. The molecule has 0 unspecified atom stereocenters. The van der Waals surface area contributed by atoms with E-state index in [0.717, 1.165) is 0 Å². The summed E-state index contributed by atoms with van der Waals surface area (Å²) in [7, 11) is 0. The molecule has 17 heavy (non-hydrogen) atoms. The highest BCUT2D eigenvalue weighted by Crippen LogP contribution is 2.22. The highest BCUT2D eigenvalue weighted by Gasteiger charge is 2.20. The smallest absolute Gasteiger partial charge is 0.339 e. The van der Waals surface area contributed by atoms with Gasteiger partial charge in [-0.05, 0) is 39.0 Å². The van der Waals surface area contributed by atoms with E-state index >= 15 is 0 Å². The summed E-state index contributed by atoms with van der Waals surface area (Å²) >= 11 is 0. The first-order valence-electron chi connectivity index (χ1n) is 5.37. The lowest BCUT2D eigenvalue weighted by Gasteiger charge is -2.19. The lowest BCUT2D eigenvalue weighted by molar-refractivity contribution is 0.00714. The standard InChI is InChI=1S/C13H14FNO2/c1-13(2,3)17-12(16)10-6-8(14)7-11-9(10)4-5-15-11/h4-7,15H,1-3H3. The van der Waals surface area contributed by atoms with Crippen LogP contribution in [0, 0.1) is 5.82 Å². The Hall–Kier alpha value is -1.84. The summed E-state index contributed by atoms with van der Waals surface area (Å²) in [6.07, 6.45) is 1.66. The SMILES string of the molecule is CC(C)(C)OC(=O)c1cc(F)cc2[nH]ccc12. The van der Waals surface area contributed by atoms with Crippen LogP contribution in [0.2, 0.25) is 0 Å². The highest BCUT2D eigenvalue weighted by atomic mass is 19.1. The molecule has 0 aliphatic carbocycles. The molecule has 0 radical (unpaired) electrons. The third kappa shape index (κ3) is 2.46. The van der Waals surface area contributed by atoms with Crippen molar-refractivity contribution in [2.45, 2.75) is 26.4 Å². The predicted octanol–water partition coefficient (Wildman–Crippen LogP) is 3.26. The molecule has 4 heteroatoms. The van der Waals surface area contributed by atoms with Gasteiger partial charge < -0.3 is 9.72 Å². The van der Waals surface area contributed by atoms with Gasteiger partial charge in [0.05, 0.1) is 5.56 Å². The molecule has 0 aliphatic heterocycles. The Morgan fingerprint density at radius 1 is 1.35 bits per heavy atom. The fourth-order valence-corrected chi connectivity index (χ4v) is 1.63. The molecule has 2 rings (SSSR count). The molecule has 0 fully saturated rings. The first kappa shape index (κ1) is 11.6. The van der Waals surface area contributed by atoms with Crippen LogP contribution in [0.15, 0.2) is 24.4 Å². The van der Waals surface area contributed by atoms with Crippen molar-refractivity contribution in [2.24, 2.45) is 0 Å². The van der Waals surface area contributed by atoms with Crippen molar-refractivity contribution in [3.63, 3.8) is 0 Å². The van der Waals surface area contributed by atoms with E-state index in [0.29, 0.717) is 10.9 Å². The number of carbonyl (C=O) groups is 1. The van der Waals surface area contributed by atoms with Crippen LogP contribution >= 0.6 is 0 Å². The van der Waals surface area contributed by atoms with Crippen LogP contribution in [0.5, 0.6) is 0 Å². The molecule has 0 bridgehead atoms. The summed E-state index contributed by atoms with van der Waals surface area (Å²) in [5.41, 5.74) is 0.244. The minimum atomic E-state index is -0.591. The number of nitrogens with one attached hydrogen (secondary N) is 1. The van der Waals surface area contributed by atoms with E-state index in [-0.39, 0.29) is 5.56 Å². The van der Waals surface area contributed by atoms with Gasteiger partial charge >= 0.3 is 5.97 Å². The molecular formula is C13H14FNO2. The zero-order valence-corrected chi connectivity index (χ0v) is 10.0. The van der Waals surface area contributed by atoms with Gasteiger partial charge in [-0.1, -0.05) is 0 Å². The van der Waals surface area contributed by atoms with Crippen LogP contribution in [0.4, 0.5) is 4.39 Å². The number of aromatic amines is 1. The Bertz CT molecular complexity index is 566. The van der Waals surface area contributed by atoms with Crippen molar-refractivity contribution in [1.82, 2.24) is 4.98 Å². The number of aromatic nitrogens is 1. The number of ether oxygens (including phenoxy) is 1. The normalized spacial score (nSPS) is 11.8. The maximum atomic E-state index is 13.3. The highest BCUT2D eigenvalue weighted by molar-refractivity contribution is 6.03. The first-order valence-corrected chi connectivity index (χ1v) is 5.37. The maximum Gasteiger partial charge on any atom is 0.339 e. The Morgan fingerprint density at radius 3 is 2.71 bits per heavy atom. The Kier molecular flexibility index (Phi) is 2.65. The average molecular weight is 235 g/mol. The van der Waals surface area contributed by atoms with Gasteiger partial charge in [0.2, 0.25) is 0 Å². The van der Waals surface area contributed by atoms with Crippen molar-refractivity contribution in [1.29, 1.82) is 0 Å². The van der Waals surface area contributed by atoms with Crippen LogP contribution in [0.3, 0.4) is 0 Å². The molecule has 1 N–H and O–H groups in total. The van der Waals surface area contributed by atoms with Gasteiger partial charge in [-0.25, -0.2) is 9.18 Å². The van der Waals surface area contributed by atoms with Gasteiger partial charge in [-0.2, -0.15) is 0 Å². The van der Waals surface area contributed by atoms with E-state index in [1.807, 2.05) is 0 Å². The molecule has 1 heterocycles. The Labute approximate surface area is 98.6 Å². The number of hydrogen-bond acceptors (Lipinski definition) is 2. The van der Waals surface area contributed by atoms with E-state index in [2.05, 4.69) is 4.98 Å². The van der Waals surface area contributed by atoms with E-state index < -0.39 is 17.4 Å². The quantitative estimate of drug-likeness (QED) is 0.771. The van der Waals surface area contributed by atoms with E-state index in [1.54, 1.807) is 33.0 Å². The lowest BCUT2D eigenvalue weighted by Crippen LogP contribution is -2.24. The average Bonchev–Trinajstić information content (AvgIpc) is 2.60. The van der Waals surface area contributed by atoms with Crippen LogP contribution in [-0.2, 0) is 4.74 Å². The minimum absolute atomic E-state index is 0.246. The Morgan fingerprint density at radius 2 is 2.06 bits per heavy atom. The second-order valence-corrected chi connectivity index (χ2v) is 4.89. The monoisotopic (exact) mass is 235 g/mol. The fraction of sp³-hybridized carbons (Fsp3) is 0.308. The van der Waals surface area contributed by atoms with Gasteiger partial charge in [-0.15, -0.1) is 0 Å². The zero-order valence-electron chi connectivity index (χ0n) is 10.0. The van der Waals surface area contributed by atoms with Crippen LogP contribution in [0.25, 0.3) is 10.9 Å². The number of fused-ring (bicyclic) bond motifs is 1. The van der Waals surface area contributed by atoms with E-state index in [1.165, 1.54) is 12.1 Å². The number of benzene rings is 1. The summed E-state index contributed by atoms with van der Waals surface area (Å²) < 4.78 is 18.6. The van der Waals surface area contributed by atoms with Gasteiger partial charge in [0.15, 0.2) is 0 Å². The lowest BCUT2D eigenvalue weighted by atomic mass is 10.1. The van der Waals surface area contributed by atoms with Gasteiger partial charge in [0, 0.05) is 17.1 Å². The second-order valence-electron chi connectivity index (χ2n) is 4.89. The largest absolute Gasteiger partial charge is 0.456 e. The molecule has 1 aromatic heterocycles. The number of H-pyrrole nitrogens is 1. The van der Waals surface area contributed by atoms with E-state index in [4.69, 9.17) is 4.74 Å². The van der Waals surface area contributed by atoms with Crippen molar-refractivity contribution in [3.8, 4) is 0 Å². The molecule has 0 saturated carbocycles. The van der Waals surface area contributed by atoms with Gasteiger partial charge in [0.25, 0.3) is 0 Å². The Balaban J connectivity index is 2.47. The summed E-state index contributed by atoms with van der Waals surface area (Å²) in [6.45, 7) is 5.33. The molecule has 0 amide bonds. The summed E-state index contributed by atoms with van der Waals surface area (Å²) in [6, 6.07) is 4.28. The molecule has 3 nitrogen and oxygen atoms in total. The molecule has 1 aromatic carbocycles. The number of rotatable bonds is 1. The number of hydrogen-bond donors (Lipinski definition) is 1. The van der Waals surface area contributed by atoms with Gasteiger partial charge in [0.1, 0.15) is 11.4 Å². The third-order valence-electron chi connectivity index (χ3n) is 2.25. The summed E-state index contributed by atoms with van der Waals surface area (Å²) in [5, 5.41) is 0.667. The summed E-state index contributed by atoms with van der Waals surface area (Å²) in [4.78, 5) is 14.8. The molecule has 0 saturated heterocycles. The van der Waals surface area contributed by atoms with Crippen molar-refractivity contribution < 1.29 is 13.9 Å². The third-order valence-corrected chi connectivity index (χ3v) is 2.25. The van der Waals surface area contributed by atoms with Crippen LogP contribution in [-0.4, -0.2) is 16.6 Å². The predicted molar refractivity (Wildman–Crippen MR) is 63.4 cm³/mol. The van der Waals surface area contributed by atoms with Crippen LogP contribution in [0.1, 0.15) is 31.1 Å². The fourth-order valence-electron chi connectivity index (χ4n) is 1.63. The maximum absolute atomic E-state index is 13.3. The van der Waals surface area contributed by atoms with E-state index in [9.17, 15) is 9.18 Å². The molecule has 0 spiro atoms. The topological polar surface area (TPSA) is 42.1 Å². The molecule has 0 atom stereocenters. The second kappa shape index (κ2) is 3.87. The minimum Gasteiger partial charge on any atom is -0.456 e. The molecule has 0 aliphatic rings. The number of esters is 1. The zero-order chi connectivity index (χ0) is 12.6. The van der Waals surface area contributed by atoms with Crippen LogP contribution < -0.4 is 0 Å². The molecule has 90 valence electrons. The van der Waals surface area contributed by atoms with Crippen molar-refractivity contribution >= 4 is 16.9 Å². The molecular weight excluding hydrogens is 221 g/mol. The van der Waals surface area contributed by atoms with Crippen molar-refractivity contribution in [3.05, 3.63) is 35.8 Å². The first-order chi connectivity index (χ1) is 7.87. The number of carbonyl (C=O) groups excluding carboxylic acids is 1. The number of halogens is 1.